The number of piperazine rings is 1. The number of benzene rings is 1. The van der Waals surface area contributed by atoms with E-state index in [-0.39, 0.29) is 0 Å². The maximum Gasteiger partial charge on any atom is 0.214 e. The molecular weight excluding hydrogens is 348 g/mol. The highest BCUT2D eigenvalue weighted by Crippen LogP contribution is 2.29. The average molecular weight is 370 g/mol. The number of thiazole rings is 1. The van der Waals surface area contributed by atoms with Crippen LogP contribution in [0.4, 0.5) is 5.69 Å². The van der Waals surface area contributed by atoms with E-state index in [4.69, 9.17) is 14.5 Å². The zero-order valence-electron chi connectivity index (χ0n) is 15.0. The maximum atomic E-state index is 5.49. The van der Waals surface area contributed by atoms with Crippen LogP contribution in [0.3, 0.4) is 0 Å². The highest BCUT2D eigenvalue weighted by Gasteiger charge is 2.20. The van der Waals surface area contributed by atoms with E-state index in [0.717, 1.165) is 53.8 Å². The molecule has 4 rings (SSSR count). The molecule has 7 heteroatoms. The van der Waals surface area contributed by atoms with E-state index in [2.05, 4.69) is 26.9 Å². The van der Waals surface area contributed by atoms with E-state index in [1.54, 1.807) is 25.6 Å². The van der Waals surface area contributed by atoms with Gasteiger partial charge >= 0.3 is 0 Å². The molecule has 1 aromatic carbocycles. The van der Waals surface area contributed by atoms with Crippen molar-refractivity contribution in [2.24, 2.45) is 0 Å². The Labute approximate surface area is 157 Å². The van der Waals surface area contributed by atoms with Gasteiger partial charge in [-0.15, -0.1) is 0 Å². The van der Waals surface area contributed by atoms with Gasteiger partial charge in [0.25, 0.3) is 0 Å². The summed E-state index contributed by atoms with van der Waals surface area (Å²) in [5, 5.41) is 1.10. The van der Waals surface area contributed by atoms with Crippen LogP contribution in [0.2, 0.25) is 0 Å². The van der Waals surface area contributed by atoms with Gasteiger partial charge < -0.3 is 14.4 Å². The maximum absolute atomic E-state index is 5.49. The monoisotopic (exact) mass is 370 g/mol. The highest BCUT2D eigenvalue weighted by molar-refractivity contribution is 7.18. The number of fused-ring (bicyclic) bond motifs is 1. The zero-order chi connectivity index (χ0) is 17.9. The Morgan fingerprint density at radius 1 is 0.962 bits per heavy atom. The van der Waals surface area contributed by atoms with Crippen molar-refractivity contribution in [1.29, 1.82) is 0 Å². The van der Waals surface area contributed by atoms with Crippen molar-refractivity contribution in [2.75, 3.05) is 45.3 Å². The first-order valence-electron chi connectivity index (χ1n) is 8.67. The smallest absolute Gasteiger partial charge is 0.214 e. The van der Waals surface area contributed by atoms with Crippen molar-refractivity contribution in [3.05, 3.63) is 41.4 Å². The van der Waals surface area contributed by atoms with Crippen LogP contribution in [-0.2, 0) is 6.54 Å². The third kappa shape index (κ3) is 3.45. The quantitative estimate of drug-likeness (QED) is 0.688. The van der Waals surface area contributed by atoms with Gasteiger partial charge in [-0.3, -0.25) is 4.90 Å². The summed E-state index contributed by atoms with van der Waals surface area (Å²) in [6, 6.07) is 12.0. The van der Waals surface area contributed by atoms with Crippen molar-refractivity contribution in [1.82, 2.24) is 14.9 Å². The SMILES string of the molecule is COc1ccc2nc(CN3CCN(c4ccccc4OC)CC3)sc2n1. The Kier molecular flexibility index (Phi) is 4.90. The number of anilines is 1. The minimum atomic E-state index is 0.637. The normalized spacial score (nSPS) is 15.4. The molecule has 0 spiro atoms. The predicted octanol–water partition coefficient (Wildman–Crippen LogP) is 3.03. The standard InChI is InChI=1S/C19H22N4O2S/c1-24-16-6-4-3-5-15(16)23-11-9-22(10-12-23)13-18-20-14-7-8-17(25-2)21-19(14)26-18/h3-8H,9-13H2,1-2H3. The molecule has 0 atom stereocenters. The van der Waals surface area contributed by atoms with Gasteiger partial charge in [0.1, 0.15) is 21.1 Å². The molecule has 0 radical (unpaired) electrons. The molecule has 136 valence electrons. The number of hydrogen-bond acceptors (Lipinski definition) is 7. The number of nitrogens with zero attached hydrogens (tertiary/aromatic N) is 4. The first-order chi connectivity index (χ1) is 12.8. The topological polar surface area (TPSA) is 50.7 Å². The van der Waals surface area contributed by atoms with Crippen molar-refractivity contribution in [3.63, 3.8) is 0 Å². The van der Waals surface area contributed by atoms with Gasteiger partial charge in [0.05, 0.1) is 26.5 Å². The Morgan fingerprint density at radius 3 is 2.54 bits per heavy atom. The Balaban J connectivity index is 1.41. The summed E-state index contributed by atoms with van der Waals surface area (Å²) in [5.41, 5.74) is 2.12. The molecule has 1 fully saturated rings. The number of methoxy groups -OCH3 is 2. The number of rotatable bonds is 5. The van der Waals surface area contributed by atoms with Crippen LogP contribution in [0, 0.1) is 0 Å². The molecule has 2 aromatic heterocycles. The van der Waals surface area contributed by atoms with Crippen molar-refractivity contribution >= 4 is 27.4 Å². The third-order valence-corrected chi connectivity index (χ3v) is 5.59. The van der Waals surface area contributed by atoms with E-state index in [1.807, 2.05) is 24.3 Å². The summed E-state index contributed by atoms with van der Waals surface area (Å²) in [7, 11) is 3.36. The van der Waals surface area contributed by atoms with Gasteiger partial charge in [-0.1, -0.05) is 23.5 Å². The lowest BCUT2D eigenvalue weighted by molar-refractivity contribution is 0.249. The Bertz CT molecular complexity index is 890. The van der Waals surface area contributed by atoms with Crippen LogP contribution in [0.5, 0.6) is 11.6 Å². The molecule has 0 saturated carbocycles. The molecule has 0 unspecified atom stereocenters. The fourth-order valence-corrected chi connectivity index (χ4v) is 4.22. The summed E-state index contributed by atoms with van der Waals surface area (Å²) in [6.07, 6.45) is 0. The van der Waals surface area contributed by atoms with Crippen LogP contribution in [-0.4, -0.2) is 55.3 Å². The first kappa shape index (κ1) is 17.1. The molecule has 3 aromatic rings. The van der Waals surface area contributed by atoms with E-state index in [9.17, 15) is 0 Å². The molecule has 0 N–H and O–H groups in total. The summed E-state index contributed by atoms with van der Waals surface area (Å²) in [5.74, 6) is 1.57. The van der Waals surface area contributed by atoms with Crippen LogP contribution >= 0.6 is 11.3 Å². The van der Waals surface area contributed by atoms with Gasteiger partial charge in [0, 0.05) is 32.2 Å². The first-order valence-corrected chi connectivity index (χ1v) is 9.49. The lowest BCUT2D eigenvalue weighted by Crippen LogP contribution is -2.46. The summed E-state index contributed by atoms with van der Waals surface area (Å²) in [4.78, 5) is 15.0. The fourth-order valence-electron chi connectivity index (χ4n) is 3.26. The fraction of sp³-hybridized carbons (Fsp3) is 0.368. The molecule has 6 nitrogen and oxygen atoms in total. The number of pyridine rings is 1. The van der Waals surface area contributed by atoms with Gasteiger partial charge in [-0.2, -0.15) is 0 Å². The minimum Gasteiger partial charge on any atom is -0.495 e. The second-order valence-electron chi connectivity index (χ2n) is 6.22. The highest BCUT2D eigenvalue weighted by atomic mass is 32.1. The molecule has 3 heterocycles. The number of hydrogen-bond donors (Lipinski definition) is 0. The molecule has 26 heavy (non-hydrogen) atoms. The molecule has 1 saturated heterocycles. The average Bonchev–Trinajstić information content (AvgIpc) is 3.09. The minimum absolute atomic E-state index is 0.637. The molecular formula is C19H22N4O2S. The number of ether oxygens (including phenoxy) is 2. The van der Waals surface area contributed by atoms with Gasteiger partial charge in [-0.25, -0.2) is 9.97 Å². The van der Waals surface area contributed by atoms with Crippen molar-refractivity contribution in [2.45, 2.75) is 6.54 Å². The van der Waals surface area contributed by atoms with Crippen LogP contribution in [0.1, 0.15) is 5.01 Å². The number of aromatic nitrogens is 2. The second kappa shape index (κ2) is 7.47. The molecule has 1 aliphatic heterocycles. The van der Waals surface area contributed by atoms with Gasteiger partial charge in [0.2, 0.25) is 5.88 Å². The predicted molar refractivity (Wildman–Crippen MR) is 104 cm³/mol. The summed E-state index contributed by atoms with van der Waals surface area (Å²) in [6.45, 7) is 4.84. The summed E-state index contributed by atoms with van der Waals surface area (Å²) >= 11 is 1.65. The summed E-state index contributed by atoms with van der Waals surface area (Å²) < 4.78 is 10.7. The van der Waals surface area contributed by atoms with E-state index >= 15 is 0 Å². The third-order valence-electron chi connectivity index (χ3n) is 4.64. The van der Waals surface area contributed by atoms with Crippen LogP contribution in [0.25, 0.3) is 10.3 Å². The lowest BCUT2D eigenvalue weighted by atomic mass is 10.2. The van der Waals surface area contributed by atoms with E-state index in [0.29, 0.717) is 5.88 Å². The molecule has 0 aliphatic carbocycles. The molecule has 0 amide bonds. The Hall–Kier alpha value is -2.38. The van der Waals surface area contributed by atoms with Crippen LogP contribution in [0.15, 0.2) is 36.4 Å². The van der Waals surface area contributed by atoms with Crippen molar-refractivity contribution < 1.29 is 9.47 Å². The van der Waals surface area contributed by atoms with E-state index < -0.39 is 0 Å². The largest absolute Gasteiger partial charge is 0.495 e. The van der Waals surface area contributed by atoms with Gasteiger partial charge in [0.15, 0.2) is 0 Å². The lowest BCUT2D eigenvalue weighted by Gasteiger charge is -2.36. The van der Waals surface area contributed by atoms with Gasteiger partial charge in [-0.05, 0) is 18.2 Å². The van der Waals surface area contributed by atoms with E-state index in [1.165, 1.54) is 5.69 Å². The zero-order valence-corrected chi connectivity index (χ0v) is 15.8. The molecule has 0 bridgehead atoms. The number of para-hydroxylation sites is 2. The van der Waals surface area contributed by atoms with Crippen molar-refractivity contribution in [3.8, 4) is 11.6 Å². The second-order valence-corrected chi connectivity index (χ2v) is 7.28. The Morgan fingerprint density at radius 2 is 1.77 bits per heavy atom. The van der Waals surface area contributed by atoms with Crippen LogP contribution < -0.4 is 14.4 Å². The molecule has 1 aliphatic rings.